The van der Waals surface area contributed by atoms with E-state index in [9.17, 15) is 50.8 Å². The van der Waals surface area contributed by atoms with Crippen molar-refractivity contribution in [3.05, 3.63) is 60.3 Å². The smallest absolute Gasteiger partial charge is 0.334 e. The van der Waals surface area contributed by atoms with Gasteiger partial charge >= 0.3 is 5.97 Å². The number of allylic oxidation sites excluding steroid dienone is 8. The molecule has 12 atom stereocenters. The Balaban J connectivity index is 2.13. The molecule has 0 aromatic rings. The Morgan fingerprint density at radius 2 is 1.08 bits per heavy atom. The van der Waals surface area contributed by atoms with E-state index >= 15 is 0 Å². The number of cyclic esters (lactones) is 1. The third-order valence-corrected chi connectivity index (χ3v) is 9.58. The molecular formula is C40H66O12. The summed E-state index contributed by atoms with van der Waals surface area (Å²) < 4.78 is 11.7. The van der Waals surface area contributed by atoms with Crippen LogP contribution in [-0.4, -0.2) is 119 Å². The number of hydrogen-bond donors (Lipinski definition) is 9. The molecule has 2 rings (SSSR count). The van der Waals surface area contributed by atoms with E-state index in [2.05, 4.69) is 0 Å². The van der Waals surface area contributed by atoms with Crippen LogP contribution < -0.4 is 0 Å². The van der Waals surface area contributed by atoms with Crippen molar-refractivity contribution in [3.63, 3.8) is 0 Å². The molecule has 52 heavy (non-hydrogen) atoms. The summed E-state index contributed by atoms with van der Waals surface area (Å²) in [6, 6.07) is 0. The second-order valence-corrected chi connectivity index (χ2v) is 15.3. The van der Waals surface area contributed by atoms with E-state index in [4.69, 9.17) is 9.47 Å². The van der Waals surface area contributed by atoms with Crippen LogP contribution in [0.2, 0.25) is 0 Å². The van der Waals surface area contributed by atoms with Gasteiger partial charge in [-0.15, -0.1) is 0 Å². The van der Waals surface area contributed by atoms with Gasteiger partial charge in [-0.1, -0.05) is 75.5 Å². The number of fused-ring (bicyclic) bond motifs is 2. The Morgan fingerprint density at radius 3 is 1.60 bits per heavy atom. The summed E-state index contributed by atoms with van der Waals surface area (Å²) in [4.78, 5) is 12.8. The Morgan fingerprint density at radius 1 is 0.635 bits per heavy atom. The van der Waals surface area contributed by atoms with Gasteiger partial charge in [0.1, 0.15) is 6.10 Å². The lowest BCUT2D eigenvalue weighted by Gasteiger charge is -2.40. The second-order valence-electron chi connectivity index (χ2n) is 15.3. The molecule has 2 bridgehead atoms. The number of hydrogen-bond acceptors (Lipinski definition) is 12. The van der Waals surface area contributed by atoms with Gasteiger partial charge in [0.25, 0.3) is 0 Å². The molecule has 298 valence electrons. The van der Waals surface area contributed by atoms with Crippen molar-refractivity contribution < 1.29 is 60.2 Å². The molecule has 2 aliphatic heterocycles. The van der Waals surface area contributed by atoms with Gasteiger partial charge in [-0.05, 0) is 76.5 Å². The number of carbonyl (C=O) groups excluding carboxylic acids is 1. The van der Waals surface area contributed by atoms with Crippen molar-refractivity contribution in [2.75, 3.05) is 0 Å². The Kier molecular flexibility index (Phi) is 20.8. The van der Waals surface area contributed by atoms with Gasteiger partial charge < -0.3 is 55.4 Å². The van der Waals surface area contributed by atoms with Gasteiger partial charge in [0.05, 0.1) is 54.9 Å². The van der Waals surface area contributed by atoms with Crippen molar-refractivity contribution >= 4 is 5.97 Å². The topological polar surface area (TPSA) is 218 Å². The molecular weight excluding hydrogens is 672 g/mol. The second kappa shape index (κ2) is 23.5. The molecule has 12 heteroatoms. The summed E-state index contributed by atoms with van der Waals surface area (Å²) in [6.07, 6.45) is 7.27. The van der Waals surface area contributed by atoms with Gasteiger partial charge in [-0.25, -0.2) is 4.79 Å². The first-order valence-electron chi connectivity index (χ1n) is 18.8. The highest BCUT2D eigenvalue weighted by molar-refractivity contribution is 5.88. The monoisotopic (exact) mass is 738 g/mol. The van der Waals surface area contributed by atoms with Gasteiger partial charge in [0, 0.05) is 24.8 Å². The predicted molar refractivity (Wildman–Crippen MR) is 197 cm³/mol. The molecule has 1 fully saturated rings. The molecule has 2 heterocycles. The molecule has 0 aromatic heterocycles. The first-order chi connectivity index (χ1) is 24.5. The van der Waals surface area contributed by atoms with E-state index in [0.29, 0.717) is 31.3 Å². The quantitative estimate of drug-likeness (QED) is 0.178. The fourth-order valence-electron chi connectivity index (χ4n) is 7.02. The molecule has 0 unspecified atom stereocenters. The summed E-state index contributed by atoms with van der Waals surface area (Å²) in [5.41, 5.74) is 0.438. The van der Waals surface area contributed by atoms with Crippen molar-refractivity contribution in [2.24, 2.45) is 11.8 Å². The van der Waals surface area contributed by atoms with Crippen LogP contribution >= 0.6 is 0 Å². The standard InChI is InChI=1S/C40H66O12/c1-26(2)38-27(3)15-16-29(41)17-30(42)18-31(43)19-32(44)20-33(45)21-34(46)22-35(47)24-40(50)25-36(48)23-37(52-40)14-12-10-8-6-5-7-9-11-13-28(4)39(49)51-38/h5-13,26-27,29-38,41-48,50H,14-25H2,1-4H3/b7-5-,8-6-,11-9-,12-10-,28-13-/t27-,29-,30-,31-,32-,33-,34-,35-,36-,37+,38-,40+/m0/s1. The number of ether oxygens (including phenoxy) is 2. The molecule has 1 saturated heterocycles. The molecule has 0 spiro atoms. The van der Waals surface area contributed by atoms with E-state index in [-0.39, 0.29) is 69.3 Å². The van der Waals surface area contributed by atoms with E-state index in [1.54, 1.807) is 31.2 Å². The van der Waals surface area contributed by atoms with Crippen LogP contribution in [0.15, 0.2) is 60.3 Å². The molecule has 0 saturated carbocycles. The molecule has 0 amide bonds. The van der Waals surface area contributed by atoms with Crippen LogP contribution in [0.3, 0.4) is 0 Å². The van der Waals surface area contributed by atoms with Gasteiger partial charge in [-0.3, -0.25) is 0 Å². The van der Waals surface area contributed by atoms with Crippen LogP contribution in [0.25, 0.3) is 0 Å². The Hall–Kier alpha value is -2.23. The summed E-state index contributed by atoms with van der Waals surface area (Å²) in [5.74, 6) is -2.27. The van der Waals surface area contributed by atoms with Crippen molar-refractivity contribution in [1.29, 1.82) is 0 Å². The zero-order valence-electron chi connectivity index (χ0n) is 31.4. The highest BCUT2D eigenvalue weighted by Gasteiger charge is 2.41. The highest BCUT2D eigenvalue weighted by atomic mass is 16.6. The maximum atomic E-state index is 12.8. The number of rotatable bonds is 1. The molecule has 0 aliphatic carbocycles. The minimum absolute atomic E-state index is 0.0120. The summed E-state index contributed by atoms with van der Waals surface area (Å²) in [7, 11) is 0. The lowest BCUT2D eigenvalue weighted by molar-refractivity contribution is -0.282. The Bertz CT molecular complexity index is 1180. The van der Waals surface area contributed by atoms with Crippen LogP contribution in [0.1, 0.15) is 105 Å². The number of aliphatic hydroxyl groups is 9. The van der Waals surface area contributed by atoms with Crippen LogP contribution in [0, 0.1) is 11.8 Å². The zero-order chi connectivity index (χ0) is 38.8. The van der Waals surface area contributed by atoms with Gasteiger partial charge in [0.15, 0.2) is 5.79 Å². The maximum Gasteiger partial charge on any atom is 0.334 e. The van der Waals surface area contributed by atoms with Gasteiger partial charge in [0.2, 0.25) is 0 Å². The van der Waals surface area contributed by atoms with Crippen LogP contribution in [0.4, 0.5) is 0 Å². The van der Waals surface area contributed by atoms with E-state index in [0.717, 1.165) is 0 Å². The molecule has 0 aromatic carbocycles. The van der Waals surface area contributed by atoms with Crippen molar-refractivity contribution in [3.8, 4) is 0 Å². The number of aliphatic hydroxyl groups excluding tert-OH is 8. The third kappa shape index (κ3) is 18.7. The Labute approximate surface area is 309 Å². The van der Waals surface area contributed by atoms with E-state index < -0.39 is 66.7 Å². The van der Waals surface area contributed by atoms with E-state index in [1.807, 2.05) is 51.2 Å². The molecule has 9 N–H and O–H groups in total. The fourth-order valence-corrected chi connectivity index (χ4v) is 7.02. The number of carbonyl (C=O) groups is 1. The SMILES string of the molecule is C/C1=C/C=C\C=C/C=C\C=C/C[C@@H]2C[C@H](O)C[C@@](O)(C[C@@H](O)C[C@@H](O)C[C@@H](O)C[C@@H](O)C[C@@H](O)C[C@@H](O)C[C@@H](O)CC[C@H](C)[C@H](C(C)C)OC1=O)O2. The minimum atomic E-state index is -1.80. The minimum Gasteiger partial charge on any atom is -0.458 e. The lowest BCUT2D eigenvalue weighted by atomic mass is 9.89. The lowest BCUT2D eigenvalue weighted by Crippen LogP contribution is -2.48. The summed E-state index contributed by atoms with van der Waals surface area (Å²) >= 11 is 0. The largest absolute Gasteiger partial charge is 0.458 e. The van der Waals surface area contributed by atoms with Crippen LogP contribution in [-0.2, 0) is 14.3 Å². The molecule has 2 aliphatic rings. The number of esters is 1. The third-order valence-electron chi connectivity index (χ3n) is 9.58. The summed E-state index contributed by atoms with van der Waals surface area (Å²) in [5, 5.41) is 95.0. The average molecular weight is 739 g/mol. The van der Waals surface area contributed by atoms with Crippen molar-refractivity contribution in [1.82, 2.24) is 0 Å². The van der Waals surface area contributed by atoms with E-state index in [1.165, 1.54) is 0 Å². The van der Waals surface area contributed by atoms with Gasteiger partial charge in [-0.2, -0.15) is 0 Å². The van der Waals surface area contributed by atoms with Crippen molar-refractivity contribution in [2.45, 2.75) is 172 Å². The fraction of sp³-hybridized carbons (Fsp3) is 0.725. The molecule has 12 nitrogen and oxygen atoms in total. The zero-order valence-corrected chi connectivity index (χ0v) is 31.4. The normalized spacial score (nSPS) is 41.8. The average Bonchev–Trinajstić information content (AvgIpc) is 3.01. The van der Waals surface area contributed by atoms with Crippen LogP contribution in [0.5, 0.6) is 0 Å². The molecule has 0 radical (unpaired) electrons. The summed E-state index contributed by atoms with van der Waals surface area (Å²) in [6.45, 7) is 7.57. The maximum absolute atomic E-state index is 12.8. The first kappa shape index (κ1) is 45.9. The predicted octanol–water partition coefficient (Wildman–Crippen LogP) is 3.03. The highest BCUT2D eigenvalue weighted by Crippen LogP contribution is 2.33. The first-order valence-corrected chi connectivity index (χ1v) is 18.8.